The Morgan fingerprint density at radius 2 is 0.717 bits per heavy atom. The van der Waals surface area contributed by atoms with E-state index in [9.17, 15) is 14.7 Å². The second kappa shape index (κ2) is 50.4. The molecule has 1 atom stereocenters. The van der Waals surface area contributed by atoms with Crippen LogP contribution in [-0.4, -0.2) is 36.4 Å². The molecule has 0 rings (SSSR count). The maximum Gasteiger partial charge on any atom is 0.306 e. The molecule has 0 spiro atoms. The lowest BCUT2D eigenvalue weighted by molar-refractivity contribution is -0.161. The van der Waals surface area contributed by atoms with Gasteiger partial charge in [0, 0.05) is 12.8 Å². The molecule has 5 nitrogen and oxygen atoms in total. The quantitative estimate of drug-likeness (QED) is 0.0376. The van der Waals surface area contributed by atoms with E-state index in [1.807, 2.05) is 0 Å². The number of ether oxygens (including phenoxy) is 2. The van der Waals surface area contributed by atoms with Gasteiger partial charge in [0.25, 0.3) is 0 Å². The predicted molar refractivity (Wildman–Crippen MR) is 260 cm³/mol. The molecule has 0 aromatic rings. The highest BCUT2D eigenvalue weighted by Gasteiger charge is 2.16. The van der Waals surface area contributed by atoms with Gasteiger partial charge in [0.2, 0.25) is 0 Å². The number of carbonyl (C=O) groups excluding carboxylic acids is 2. The number of aliphatic hydroxyl groups excluding tert-OH is 1. The van der Waals surface area contributed by atoms with Crippen LogP contribution in [0.2, 0.25) is 0 Å². The zero-order valence-electron chi connectivity index (χ0n) is 39.2. The van der Waals surface area contributed by atoms with Crippen molar-refractivity contribution in [2.75, 3.05) is 13.2 Å². The van der Waals surface area contributed by atoms with E-state index in [-0.39, 0.29) is 25.2 Å². The fourth-order valence-corrected chi connectivity index (χ4v) is 6.89. The fourth-order valence-electron chi connectivity index (χ4n) is 6.89. The minimum Gasteiger partial charge on any atom is -0.462 e. The van der Waals surface area contributed by atoms with E-state index in [1.165, 1.54) is 122 Å². The van der Waals surface area contributed by atoms with E-state index in [1.54, 1.807) is 0 Å². The van der Waals surface area contributed by atoms with Crippen LogP contribution in [0.25, 0.3) is 0 Å². The SMILES string of the molecule is CC/C=C\C/C=C\C/C=C\C/C=C\C/C=C\C/C=C\CCCCCCCCCCCCCCCCCCC(=O)OC(CO)COC(=O)CCCCCCC/C=C\CCCC. The van der Waals surface area contributed by atoms with E-state index < -0.39 is 6.10 Å². The van der Waals surface area contributed by atoms with Crippen LogP contribution in [-0.2, 0) is 19.1 Å². The van der Waals surface area contributed by atoms with Crippen molar-refractivity contribution >= 4 is 11.9 Å². The molecule has 0 aromatic heterocycles. The first-order chi connectivity index (χ1) is 29.6. The highest BCUT2D eigenvalue weighted by molar-refractivity contribution is 5.70. The number of allylic oxidation sites excluding steroid dienone is 14. The number of aliphatic hydroxyl groups is 1. The van der Waals surface area contributed by atoms with Crippen molar-refractivity contribution in [3.8, 4) is 0 Å². The van der Waals surface area contributed by atoms with Crippen molar-refractivity contribution in [3.05, 3.63) is 85.1 Å². The molecule has 0 aliphatic heterocycles. The van der Waals surface area contributed by atoms with Crippen molar-refractivity contribution in [1.29, 1.82) is 0 Å². The van der Waals surface area contributed by atoms with Crippen LogP contribution in [0, 0.1) is 0 Å². The number of hydrogen-bond acceptors (Lipinski definition) is 5. The molecule has 0 aliphatic rings. The van der Waals surface area contributed by atoms with Crippen molar-refractivity contribution in [2.45, 2.75) is 238 Å². The van der Waals surface area contributed by atoms with E-state index in [2.05, 4.69) is 98.9 Å². The normalized spacial score (nSPS) is 12.9. The van der Waals surface area contributed by atoms with Gasteiger partial charge in [-0.3, -0.25) is 9.59 Å². The Kier molecular flexibility index (Phi) is 48.0. The summed E-state index contributed by atoms with van der Waals surface area (Å²) >= 11 is 0. The van der Waals surface area contributed by atoms with Gasteiger partial charge in [0.05, 0.1) is 6.61 Å². The van der Waals surface area contributed by atoms with Gasteiger partial charge < -0.3 is 14.6 Å². The largest absolute Gasteiger partial charge is 0.462 e. The summed E-state index contributed by atoms with van der Waals surface area (Å²) in [5, 5.41) is 9.58. The molecule has 1 N–H and O–H groups in total. The highest BCUT2D eigenvalue weighted by atomic mass is 16.6. The summed E-state index contributed by atoms with van der Waals surface area (Å²) in [5.41, 5.74) is 0. The van der Waals surface area contributed by atoms with Crippen LogP contribution in [0.5, 0.6) is 0 Å². The molecule has 0 heterocycles. The third-order valence-corrected chi connectivity index (χ3v) is 10.7. The monoisotopic (exact) mass is 835 g/mol. The number of hydrogen-bond donors (Lipinski definition) is 1. The highest BCUT2D eigenvalue weighted by Crippen LogP contribution is 2.15. The lowest BCUT2D eigenvalue weighted by atomic mass is 10.0. The number of esters is 2. The van der Waals surface area contributed by atoms with Gasteiger partial charge >= 0.3 is 11.9 Å². The summed E-state index contributed by atoms with van der Waals surface area (Å²) < 4.78 is 10.6. The summed E-state index contributed by atoms with van der Waals surface area (Å²) in [6.07, 6.45) is 69.8. The van der Waals surface area contributed by atoms with Gasteiger partial charge in [-0.15, -0.1) is 0 Å². The molecule has 0 saturated carbocycles. The van der Waals surface area contributed by atoms with Gasteiger partial charge in [-0.1, -0.05) is 221 Å². The summed E-state index contributed by atoms with van der Waals surface area (Å²) in [5.74, 6) is -0.601. The first kappa shape index (κ1) is 57.1. The summed E-state index contributed by atoms with van der Waals surface area (Å²) in [6, 6.07) is 0. The molecule has 0 amide bonds. The first-order valence-corrected chi connectivity index (χ1v) is 25.1. The Hall–Kier alpha value is -2.92. The number of unbranched alkanes of at least 4 members (excludes halogenated alkanes) is 23. The average Bonchev–Trinajstić information content (AvgIpc) is 3.25. The smallest absolute Gasteiger partial charge is 0.306 e. The van der Waals surface area contributed by atoms with Crippen LogP contribution in [0.15, 0.2) is 85.1 Å². The summed E-state index contributed by atoms with van der Waals surface area (Å²) in [7, 11) is 0. The Balaban J connectivity index is 3.47. The first-order valence-electron chi connectivity index (χ1n) is 25.1. The Morgan fingerprint density at radius 1 is 0.400 bits per heavy atom. The van der Waals surface area contributed by atoms with E-state index >= 15 is 0 Å². The van der Waals surface area contributed by atoms with Crippen molar-refractivity contribution in [1.82, 2.24) is 0 Å². The molecule has 5 heteroatoms. The number of rotatable bonds is 45. The lowest BCUT2D eigenvalue weighted by Crippen LogP contribution is -2.28. The predicted octanol–water partition coefficient (Wildman–Crippen LogP) is 16.6. The maximum absolute atomic E-state index is 12.2. The van der Waals surface area contributed by atoms with Gasteiger partial charge in [0.1, 0.15) is 6.61 Å². The zero-order valence-corrected chi connectivity index (χ0v) is 39.2. The maximum atomic E-state index is 12.2. The molecule has 0 saturated heterocycles. The van der Waals surface area contributed by atoms with E-state index in [4.69, 9.17) is 9.47 Å². The average molecular weight is 835 g/mol. The molecule has 0 aromatic carbocycles. The Morgan fingerprint density at radius 3 is 1.10 bits per heavy atom. The Bertz CT molecular complexity index is 1130. The molecule has 0 bridgehead atoms. The standard InChI is InChI=1S/C55H94O5/c1-3-5-7-9-11-13-15-16-17-18-19-20-21-22-23-24-25-26-27-28-29-30-31-32-33-34-35-36-37-38-40-42-44-46-48-50-55(58)60-53(51-56)52-59-54(57)49-47-45-43-41-39-14-12-10-8-6-4-2/h5,7,10-13,16-17,19-20,22-23,25-26,53,56H,3-4,6,8-9,14-15,18,21,24,27-52H2,1-2H3/b7-5-,12-10-,13-11-,17-16-,20-19-,23-22-,26-25-. The van der Waals surface area contributed by atoms with Gasteiger partial charge in [-0.05, 0) is 83.5 Å². The topological polar surface area (TPSA) is 72.8 Å². The molecule has 0 aliphatic carbocycles. The van der Waals surface area contributed by atoms with Crippen LogP contribution in [0.1, 0.15) is 232 Å². The molecular weight excluding hydrogens is 741 g/mol. The third kappa shape index (κ3) is 47.8. The molecule has 60 heavy (non-hydrogen) atoms. The van der Waals surface area contributed by atoms with Gasteiger partial charge in [-0.2, -0.15) is 0 Å². The van der Waals surface area contributed by atoms with Crippen molar-refractivity contribution in [3.63, 3.8) is 0 Å². The van der Waals surface area contributed by atoms with Crippen LogP contribution in [0.3, 0.4) is 0 Å². The van der Waals surface area contributed by atoms with Crippen molar-refractivity contribution in [2.24, 2.45) is 0 Å². The number of carbonyl (C=O) groups is 2. The molecule has 0 radical (unpaired) electrons. The van der Waals surface area contributed by atoms with E-state index in [0.29, 0.717) is 12.8 Å². The summed E-state index contributed by atoms with van der Waals surface area (Å²) in [4.78, 5) is 24.3. The second-order valence-electron chi connectivity index (χ2n) is 16.5. The Labute approximate surface area is 371 Å². The fraction of sp³-hybridized carbons (Fsp3) is 0.709. The third-order valence-electron chi connectivity index (χ3n) is 10.7. The van der Waals surface area contributed by atoms with E-state index in [0.717, 1.165) is 83.5 Å². The van der Waals surface area contributed by atoms with Gasteiger partial charge in [0.15, 0.2) is 6.10 Å². The summed E-state index contributed by atoms with van der Waals surface area (Å²) in [6.45, 7) is 3.98. The molecular formula is C55H94O5. The van der Waals surface area contributed by atoms with Crippen molar-refractivity contribution < 1.29 is 24.2 Å². The minimum absolute atomic E-state index is 0.0712. The van der Waals surface area contributed by atoms with Crippen LogP contribution in [0.4, 0.5) is 0 Å². The second-order valence-corrected chi connectivity index (χ2v) is 16.5. The van der Waals surface area contributed by atoms with Gasteiger partial charge in [-0.25, -0.2) is 0 Å². The molecule has 0 fully saturated rings. The van der Waals surface area contributed by atoms with Crippen LogP contribution >= 0.6 is 0 Å². The minimum atomic E-state index is -0.776. The molecule has 344 valence electrons. The zero-order chi connectivity index (χ0) is 43.5. The van der Waals surface area contributed by atoms with Crippen LogP contribution < -0.4 is 0 Å². The lowest BCUT2D eigenvalue weighted by Gasteiger charge is -2.15. The molecule has 1 unspecified atom stereocenters.